The first-order valence-electron chi connectivity index (χ1n) is 8.93. The molecule has 5 heteroatoms. The predicted molar refractivity (Wildman–Crippen MR) is 103 cm³/mol. The lowest BCUT2D eigenvalue weighted by Gasteiger charge is -2.35. The molecule has 0 radical (unpaired) electrons. The van der Waals surface area contributed by atoms with Gasteiger partial charge in [-0.2, -0.15) is 0 Å². The zero-order valence-corrected chi connectivity index (χ0v) is 15.8. The summed E-state index contributed by atoms with van der Waals surface area (Å²) >= 11 is 6.15. The van der Waals surface area contributed by atoms with Crippen LogP contribution in [0.25, 0.3) is 0 Å². The Kier molecular flexibility index (Phi) is 7.53. The van der Waals surface area contributed by atoms with Gasteiger partial charge in [0.1, 0.15) is 0 Å². The van der Waals surface area contributed by atoms with E-state index in [1.54, 1.807) is 0 Å². The van der Waals surface area contributed by atoms with Crippen LogP contribution in [0.2, 0.25) is 0 Å². The Morgan fingerprint density at radius 3 is 2.83 bits per heavy atom. The first-order chi connectivity index (χ1) is 11.6. The van der Waals surface area contributed by atoms with Crippen LogP contribution in [0.4, 0.5) is 0 Å². The van der Waals surface area contributed by atoms with E-state index in [-0.39, 0.29) is 12.6 Å². The summed E-state index contributed by atoms with van der Waals surface area (Å²) in [5.74, 6) is 0. The molecule has 0 aromatic heterocycles. The molecule has 0 fully saturated rings. The number of halogens is 1. The number of dihydropyridines is 1. The second kappa shape index (κ2) is 9.40. The van der Waals surface area contributed by atoms with Crippen LogP contribution in [0.15, 0.2) is 39.5 Å². The fourth-order valence-electron chi connectivity index (χ4n) is 3.29. The maximum atomic E-state index is 9.07. The summed E-state index contributed by atoms with van der Waals surface area (Å²) in [7, 11) is 2.17. The van der Waals surface area contributed by atoms with Gasteiger partial charge in [0.25, 0.3) is 0 Å². The van der Waals surface area contributed by atoms with Gasteiger partial charge in [-0.3, -0.25) is 4.99 Å². The number of fused-ring (bicyclic) bond motifs is 1. The van der Waals surface area contributed by atoms with Gasteiger partial charge < -0.3 is 14.9 Å². The van der Waals surface area contributed by atoms with Gasteiger partial charge in [-0.05, 0) is 45.0 Å². The Bertz CT molecular complexity index is 539. The Morgan fingerprint density at radius 2 is 2.12 bits per heavy atom. The van der Waals surface area contributed by atoms with Gasteiger partial charge in [-0.25, -0.2) is 0 Å². The summed E-state index contributed by atoms with van der Waals surface area (Å²) in [6, 6.07) is 0.621. The third-order valence-electron chi connectivity index (χ3n) is 4.99. The number of hydrogen-bond donors (Lipinski definition) is 1. The van der Waals surface area contributed by atoms with Crippen molar-refractivity contribution >= 4 is 17.8 Å². The second-order valence-electron chi connectivity index (χ2n) is 6.57. The van der Waals surface area contributed by atoms with E-state index in [1.165, 1.54) is 11.3 Å². The van der Waals surface area contributed by atoms with Crippen molar-refractivity contribution in [2.75, 3.05) is 33.3 Å². The normalized spacial score (nSPS) is 21.1. The molecule has 0 bridgehead atoms. The molecule has 0 aromatic carbocycles. The van der Waals surface area contributed by atoms with Crippen molar-refractivity contribution in [2.45, 2.75) is 45.2 Å². The van der Waals surface area contributed by atoms with Gasteiger partial charge >= 0.3 is 0 Å². The summed E-state index contributed by atoms with van der Waals surface area (Å²) < 4.78 is 0. The topological polar surface area (TPSA) is 39.1 Å². The molecule has 0 spiro atoms. The van der Waals surface area contributed by atoms with Crippen LogP contribution < -0.4 is 0 Å². The highest BCUT2D eigenvalue weighted by molar-refractivity contribution is 6.29. The number of likely N-dealkylation sites (N-methyl/N-ethyl adjacent to an activating group) is 2. The fourth-order valence-corrected chi connectivity index (χ4v) is 3.50. The van der Waals surface area contributed by atoms with Gasteiger partial charge in [0.05, 0.1) is 12.6 Å². The Morgan fingerprint density at radius 1 is 1.33 bits per heavy atom. The summed E-state index contributed by atoms with van der Waals surface area (Å²) in [4.78, 5) is 9.22. The van der Waals surface area contributed by atoms with Crippen LogP contribution in [0, 0.1) is 0 Å². The fraction of sp³-hybridized carbons (Fsp3) is 0.632. The molecule has 1 aliphatic heterocycles. The molecule has 1 aliphatic carbocycles. The largest absolute Gasteiger partial charge is 0.395 e. The van der Waals surface area contributed by atoms with Gasteiger partial charge in [-0.1, -0.05) is 24.6 Å². The number of aliphatic hydroxyl groups is 1. The molecule has 2 atom stereocenters. The van der Waals surface area contributed by atoms with Crippen LogP contribution in [0.1, 0.15) is 33.1 Å². The highest BCUT2D eigenvalue weighted by Gasteiger charge is 2.26. The van der Waals surface area contributed by atoms with Crippen molar-refractivity contribution in [2.24, 2.45) is 4.99 Å². The predicted octanol–water partition coefficient (Wildman–Crippen LogP) is 3.19. The molecule has 0 saturated carbocycles. The van der Waals surface area contributed by atoms with Gasteiger partial charge in [0.15, 0.2) is 0 Å². The number of nitrogens with zero attached hydrogens (tertiary/aromatic N) is 3. The molecule has 1 N–H and O–H groups in total. The minimum atomic E-state index is 0.164. The van der Waals surface area contributed by atoms with Crippen LogP contribution in [0.3, 0.4) is 0 Å². The van der Waals surface area contributed by atoms with E-state index < -0.39 is 0 Å². The minimum absolute atomic E-state index is 0.164. The summed E-state index contributed by atoms with van der Waals surface area (Å²) in [5.41, 5.74) is 2.53. The molecule has 4 nitrogen and oxygen atoms in total. The zero-order valence-electron chi connectivity index (χ0n) is 15.1. The minimum Gasteiger partial charge on any atom is -0.395 e. The first kappa shape index (κ1) is 19.2. The van der Waals surface area contributed by atoms with Crippen molar-refractivity contribution < 1.29 is 5.11 Å². The number of aliphatic hydroxyl groups excluding tert-OH is 1. The van der Waals surface area contributed by atoms with Crippen molar-refractivity contribution in [3.05, 3.63) is 34.5 Å². The molecule has 134 valence electrons. The van der Waals surface area contributed by atoms with Gasteiger partial charge in [0.2, 0.25) is 0 Å². The number of hydrogen-bond acceptors (Lipinski definition) is 4. The zero-order chi connectivity index (χ0) is 17.5. The van der Waals surface area contributed by atoms with Crippen molar-refractivity contribution in [3.63, 3.8) is 0 Å². The Hall–Kier alpha value is -1.10. The lowest BCUT2D eigenvalue weighted by molar-refractivity contribution is 0.194. The molecule has 0 saturated heterocycles. The summed E-state index contributed by atoms with van der Waals surface area (Å²) in [5, 5.41) is 9.95. The van der Waals surface area contributed by atoms with Crippen LogP contribution in [0.5, 0.6) is 0 Å². The average Bonchev–Trinajstić information content (AvgIpc) is 2.59. The van der Waals surface area contributed by atoms with Crippen LogP contribution in [-0.4, -0.2) is 66.5 Å². The highest BCUT2D eigenvalue weighted by Crippen LogP contribution is 2.32. The van der Waals surface area contributed by atoms with Crippen LogP contribution >= 0.6 is 11.6 Å². The molecule has 2 rings (SSSR count). The molecule has 2 aliphatic rings. The van der Waals surface area contributed by atoms with Crippen molar-refractivity contribution in [3.8, 4) is 0 Å². The SMILES string of the molecule is CCN(CCO)CCCC(C)N(C)C1=CC=NC2CC(Cl)=CC=C12. The average molecular weight is 352 g/mol. The molecular formula is C19H30ClN3O. The first-order valence-corrected chi connectivity index (χ1v) is 9.30. The maximum Gasteiger partial charge on any atom is 0.0817 e. The molecule has 0 aromatic rings. The van der Waals surface area contributed by atoms with Crippen molar-refractivity contribution in [1.82, 2.24) is 9.80 Å². The smallest absolute Gasteiger partial charge is 0.0817 e. The standard InChI is InChI=1S/C19H30ClN3O/c1-4-23(12-13-24)11-5-6-15(2)22(3)19-9-10-21-18-14-16(20)7-8-17(18)19/h7-10,15,18,24H,4-6,11-14H2,1-3H3. The Labute approximate surface area is 151 Å². The number of rotatable bonds is 9. The second-order valence-corrected chi connectivity index (χ2v) is 7.05. The Balaban J connectivity index is 1.91. The lowest BCUT2D eigenvalue weighted by atomic mass is 9.93. The van der Waals surface area contributed by atoms with E-state index in [2.05, 4.69) is 47.8 Å². The third kappa shape index (κ3) is 4.95. The van der Waals surface area contributed by atoms with E-state index in [0.29, 0.717) is 6.04 Å². The summed E-state index contributed by atoms with van der Waals surface area (Å²) in [6.07, 6.45) is 11.2. The number of aliphatic imine (C=N–C) groups is 1. The van der Waals surface area contributed by atoms with Gasteiger partial charge in [-0.15, -0.1) is 0 Å². The van der Waals surface area contributed by atoms with E-state index >= 15 is 0 Å². The molecule has 0 amide bonds. The van der Waals surface area contributed by atoms with E-state index in [1.807, 2.05) is 12.3 Å². The highest BCUT2D eigenvalue weighted by atomic mass is 35.5. The van der Waals surface area contributed by atoms with E-state index in [4.69, 9.17) is 16.7 Å². The molecule has 24 heavy (non-hydrogen) atoms. The molecular weight excluding hydrogens is 322 g/mol. The van der Waals surface area contributed by atoms with E-state index in [0.717, 1.165) is 43.9 Å². The quantitative estimate of drug-likeness (QED) is 0.693. The van der Waals surface area contributed by atoms with E-state index in [9.17, 15) is 0 Å². The van der Waals surface area contributed by atoms with Crippen molar-refractivity contribution in [1.29, 1.82) is 0 Å². The van der Waals surface area contributed by atoms with Crippen LogP contribution in [-0.2, 0) is 0 Å². The molecule has 1 heterocycles. The molecule has 2 unspecified atom stereocenters. The lowest BCUT2D eigenvalue weighted by Crippen LogP contribution is -2.34. The number of allylic oxidation sites excluding steroid dienone is 3. The third-order valence-corrected chi connectivity index (χ3v) is 5.27. The monoisotopic (exact) mass is 351 g/mol. The summed E-state index contributed by atoms with van der Waals surface area (Å²) in [6.45, 7) is 7.46. The van der Waals surface area contributed by atoms with Gasteiger partial charge in [0, 0.05) is 48.6 Å². The maximum absolute atomic E-state index is 9.07.